The molecule has 0 bridgehead atoms. The summed E-state index contributed by atoms with van der Waals surface area (Å²) in [7, 11) is -1.20. The van der Waals surface area contributed by atoms with E-state index in [2.05, 4.69) is 0 Å². The number of rotatable bonds is 5. The van der Waals surface area contributed by atoms with Crippen LogP contribution in [0, 0.1) is 11.3 Å². The number of sulfonamides is 1. The van der Waals surface area contributed by atoms with E-state index in [4.69, 9.17) is 19.9 Å². The van der Waals surface area contributed by atoms with E-state index in [-0.39, 0.29) is 46.4 Å². The summed E-state index contributed by atoms with van der Waals surface area (Å²) in [5.41, 5.74) is 6.06. The van der Waals surface area contributed by atoms with Crippen molar-refractivity contribution in [3.05, 3.63) is 35.7 Å². The van der Waals surface area contributed by atoms with Crippen LogP contribution in [0.25, 0.3) is 5.69 Å². The molecule has 0 atom stereocenters. The number of morpholine rings is 1. The minimum Gasteiger partial charge on any atom is -0.495 e. The minimum absolute atomic E-state index is 0.0109. The molecule has 0 radical (unpaired) electrons. The summed E-state index contributed by atoms with van der Waals surface area (Å²) in [6.45, 7) is 1.11. The lowest BCUT2D eigenvalue weighted by Gasteiger charge is -2.26. The molecular weight excluding hydrogens is 400 g/mol. The summed E-state index contributed by atoms with van der Waals surface area (Å²) < 4.78 is 44.0. The van der Waals surface area contributed by atoms with E-state index in [0.717, 1.165) is 0 Å². The van der Waals surface area contributed by atoms with Gasteiger partial charge in [0.25, 0.3) is 0 Å². The van der Waals surface area contributed by atoms with E-state index in [1.807, 2.05) is 6.07 Å². The highest BCUT2D eigenvalue weighted by atomic mass is 32.2. The van der Waals surface area contributed by atoms with Crippen molar-refractivity contribution in [3.63, 3.8) is 0 Å². The highest BCUT2D eigenvalue weighted by Crippen LogP contribution is 2.32. The summed E-state index contributed by atoms with van der Waals surface area (Å²) in [6.07, 6.45) is 1.34. The van der Waals surface area contributed by atoms with Gasteiger partial charge in [0.2, 0.25) is 10.0 Å². The largest absolute Gasteiger partial charge is 0.495 e. The van der Waals surface area contributed by atoms with Crippen molar-refractivity contribution in [1.29, 1.82) is 5.26 Å². The fourth-order valence-corrected chi connectivity index (χ4v) is 4.49. The molecule has 10 nitrogen and oxygen atoms in total. The molecule has 1 saturated heterocycles. The zero-order chi connectivity index (χ0) is 21.2. The number of methoxy groups -OCH3 is 2. The molecule has 1 aliphatic heterocycles. The van der Waals surface area contributed by atoms with Gasteiger partial charge in [0.1, 0.15) is 11.8 Å². The van der Waals surface area contributed by atoms with Crippen LogP contribution in [-0.4, -0.2) is 63.8 Å². The Kier molecular flexibility index (Phi) is 5.78. The maximum atomic E-state index is 13.0. The molecule has 1 aromatic heterocycles. The Balaban J connectivity index is 2.19. The van der Waals surface area contributed by atoms with E-state index >= 15 is 0 Å². The zero-order valence-corrected chi connectivity index (χ0v) is 16.7. The summed E-state index contributed by atoms with van der Waals surface area (Å²) in [6, 6.07) is 6.17. The lowest BCUT2D eigenvalue weighted by Crippen LogP contribution is -2.40. The van der Waals surface area contributed by atoms with Gasteiger partial charge in [-0.15, -0.1) is 0 Å². The maximum Gasteiger partial charge on any atom is 0.357 e. The second-order valence-corrected chi connectivity index (χ2v) is 8.07. The van der Waals surface area contributed by atoms with Gasteiger partial charge in [-0.25, -0.2) is 13.2 Å². The Labute approximate surface area is 168 Å². The van der Waals surface area contributed by atoms with Crippen LogP contribution in [0.3, 0.4) is 0 Å². The Morgan fingerprint density at radius 2 is 1.97 bits per heavy atom. The third-order valence-electron chi connectivity index (χ3n) is 4.56. The van der Waals surface area contributed by atoms with Gasteiger partial charge in [-0.3, -0.25) is 0 Å². The monoisotopic (exact) mass is 420 g/mol. The molecule has 2 aromatic rings. The Morgan fingerprint density at radius 1 is 1.28 bits per heavy atom. The number of benzene rings is 1. The molecule has 0 spiro atoms. The first-order valence-electron chi connectivity index (χ1n) is 8.60. The number of carbonyl (C=O) groups excluding carboxylic acids is 1. The summed E-state index contributed by atoms with van der Waals surface area (Å²) in [5, 5.41) is 9.30. The molecule has 0 aliphatic carbocycles. The van der Waals surface area contributed by atoms with Gasteiger partial charge in [-0.2, -0.15) is 9.57 Å². The number of nitrogens with two attached hydrogens (primary N) is 1. The van der Waals surface area contributed by atoms with E-state index in [1.165, 1.54) is 47.5 Å². The molecule has 0 unspecified atom stereocenters. The van der Waals surface area contributed by atoms with Crippen LogP contribution >= 0.6 is 0 Å². The van der Waals surface area contributed by atoms with E-state index in [9.17, 15) is 18.5 Å². The quantitative estimate of drug-likeness (QED) is 0.700. The second kappa shape index (κ2) is 8.12. The molecule has 0 amide bonds. The third kappa shape index (κ3) is 3.65. The number of nitriles is 1. The zero-order valence-electron chi connectivity index (χ0n) is 15.9. The fourth-order valence-electron chi connectivity index (χ4n) is 3.06. The number of carbonyl (C=O) groups is 1. The minimum atomic E-state index is -3.79. The van der Waals surface area contributed by atoms with Crippen LogP contribution in [0.15, 0.2) is 29.3 Å². The number of hydrogen-bond donors (Lipinski definition) is 1. The van der Waals surface area contributed by atoms with Gasteiger partial charge in [0.15, 0.2) is 5.69 Å². The number of esters is 1. The first-order valence-corrected chi connectivity index (χ1v) is 10.0. The van der Waals surface area contributed by atoms with Gasteiger partial charge in [0, 0.05) is 19.3 Å². The van der Waals surface area contributed by atoms with Crippen LogP contribution in [0.4, 0.5) is 5.69 Å². The molecule has 2 N–H and O–H groups in total. The highest BCUT2D eigenvalue weighted by Gasteiger charge is 2.29. The molecule has 1 aliphatic rings. The predicted octanol–water partition coefficient (Wildman–Crippen LogP) is 0.747. The first kappa shape index (κ1) is 20.7. The molecule has 154 valence electrons. The molecule has 1 fully saturated rings. The van der Waals surface area contributed by atoms with Crippen molar-refractivity contribution < 1.29 is 27.4 Å². The smallest absolute Gasteiger partial charge is 0.357 e. The fraction of sp³-hybridized carbons (Fsp3) is 0.333. The van der Waals surface area contributed by atoms with E-state index in [0.29, 0.717) is 13.2 Å². The van der Waals surface area contributed by atoms with Crippen LogP contribution in [-0.2, 0) is 19.5 Å². The maximum absolute atomic E-state index is 13.0. The standard InChI is InChI=1S/C18H20N4O6S/c1-26-15-4-3-13(29(24,25)21-5-7-28-8-6-21)9-14(15)22-11-12(10-19)16(20)17(22)18(23)27-2/h3-4,9,11H,5-8,20H2,1-2H3. The highest BCUT2D eigenvalue weighted by molar-refractivity contribution is 7.89. The van der Waals surface area contributed by atoms with Crippen LogP contribution < -0.4 is 10.5 Å². The van der Waals surface area contributed by atoms with Crippen LogP contribution in [0.2, 0.25) is 0 Å². The van der Waals surface area contributed by atoms with Gasteiger partial charge >= 0.3 is 5.97 Å². The molecule has 0 saturated carbocycles. The van der Waals surface area contributed by atoms with Crippen molar-refractivity contribution in [1.82, 2.24) is 8.87 Å². The van der Waals surface area contributed by atoms with Crippen LogP contribution in [0.1, 0.15) is 16.1 Å². The average Bonchev–Trinajstić information content (AvgIpc) is 3.09. The molecule has 11 heteroatoms. The lowest BCUT2D eigenvalue weighted by atomic mass is 10.2. The number of anilines is 1. The predicted molar refractivity (Wildman–Crippen MR) is 102 cm³/mol. The summed E-state index contributed by atoms with van der Waals surface area (Å²) in [4.78, 5) is 12.3. The number of ether oxygens (including phenoxy) is 3. The van der Waals surface area contributed by atoms with Crippen molar-refractivity contribution >= 4 is 21.7 Å². The van der Waals surface area contributed by atoms with Gasteiger partial charge in [-0.1, -0.05) is 0 Å². The molecule has 1 aromatic carbocycles. The summed E-state index contributed by atoms with van der Waals surface area (Å²) >= 11 is 0. The second-order valence-electron chi connectivity index (χ2n) is 6.13. The van der Waals surface area contributed by atoms with E-state index < -0.39 is 16.0 Å². The number of nitrogen functional groups attached to an aromatic ring is 1. The van der Waals surface area contributed by atoms with Gasteiger partial charge in [0.05, 0.1) is 49.3 Å². The van der Waals surface area contributed by atoms with E-state index in [1.54, 1.807) is 0 Å². The topological polar surface area (TPSA) is 137 Å². The SMILES string of the molecule is COC(=O)c1c(N)c(C#N)cn1-c1cc(S(=O)(=O)N2CCOCC2)ccc1OC. The van der Waals surface area contributed by atoms with Crippen LogP contribution in [0.5, 0.6) is 5.75 Å². The number of hydrogen-bond acceptors (Lipinski definition) is 8. The first-order chi connectivity index (χ1) is 13.8. The van der Waals surface area contributed by atoms with Crippen molar-refractivity contribution in [3.8, 4) is 17.5 Å². The molecule has 29 heavy (non-hydrogen) atoms. The lowest BCUT2D eigenvalue weighted by molar-refractivity contribution is 0.0593. The van der Waals surface area contributed by atoms with Gasteiger partial charge in [-0.05, 0) is 18.2 Å². The Hall–Kier alpha value is -3.07. The number of aromatic nitrogens is 1. The average molecular weight is 420 g/mol. The third-order valence-corrected chi connectivity index (χ3v) is 6.46. The van der Waals surface area contributed by atoms with Crippen molar-refractivity contribution in [2.24, 2.45) is 0 Å². The van der Waals surface area contributed by atoms with Crippen molar-refractivity contribution in [2.75, 3.05) is 46.3 Å². The Morgan fingerprint density at radius 3 is 2.55 bits per heavy atom. The normalized spacial score (nSPS) is 14.9. The Bertz CT molecular complexity index is 1080. The van der Waals surface area contributed by atoms with Crippen molar-refractivity contribution in [2.45, 2.75) is 4.90 Å². The van der Waals surface area contributed by atoms with Gasteiger partial charge < -0.3 is 24.5 Å². The molecule has 3 rings (SSSR count). The molecular formula is C18H20N4O6S. The number of nitrogens with zero attached hydrogens (tertiary/aromatic N) is 3. The molecule has 2 heterocycles. The summed E-state index contributed by atoms with van der Waals surface area (Å²) in [5.74, 6) is -0.483.